The largest absolute Gasteiger partial charge is 0.359 e. The Kier molecular flexibility index (Phi) is 4.11. The van der Waals surface area contributed by atoms with Crippen molar-refractivity contribution in [2.24, 2.45) is 0 Å². The summed E-state index contributed by atoms with van der Waals surface area (Å²) in [7, 11) is 0. The molecule has 1 aliphatic rings. The molecule has 3 heterocycles. The number of nitrogens with one attached hydrogen (secondary N) is 2. The number of carbonyl (C=O) groups is 1. The summed E-state index contributed by atoms with van der Waals surface area (Å²) in [6.07, 6.45) is 6.50. The minimum absolute atomic E-state index is 0.0206. The van der Waals surface area contributed by atoms with Crippen LogP contribution in [0.4, 0.5) is 10.6 Å². The lowest BCUT2D eigenvalue weighted by molar-refractivity contribution is 0.159. The van der Waals surface area contributed by atoms with Crippen molar-refractivity contribution < 1.29 is 9.32 Å². The zero-order chi connectivity index (χ0) is 16.4. The maximum absolute atomic E-state index is 12.6. The van der Waals surface area contributed by atoms with Gasteiger partial charge in [-0.3, -0.25) is 5.32 Å². The van der Waals surface area contributed by atoms with E-state index in [4.69, 9.17) is 4.52 Å². The van der Waals surface area contributed by atoms with Crippen molar-refractivity contribution in [3.05, 3.63) is 30.0 Å². The van der Waals surface area contributed by atoms with Crippen molar-refractivity contribution in [3.8, 4) is 0 Å². The van der Waals surface area contributed by atoms with Gasteiger partial charge < -0.3 is 14.4 Å². The third kappa shape index (κ3) is 3.38. The first-order chi connectivity index (χ1) is 10.9. The highest BCUT2D eigenvalue weighted by Crippen LogP contribution is 2.30. The number of hydrogen-bond donors (Lipinski definition) is 2. The molecular weight excluding hydrogens is 294 g/mol. The molecular formula is C16H23N5O2. The fraction of sp³-hybridized carbons (Fsp3) is 0.562. The van der Waals surface area contributed by atoms with Crippen LogP contribution >= 0.6 is 0 Å². The molecule has 0 aliphatic carbocycles. The fourth-order valence-corrected chi connectivity index (χ4v) is 2.79. The highest BCUT2D eigenvalue weighted by Gasteiger charge is 2.30. The van der Waals surface area contributed by atoms with Crippen molar-refractivity contribution >= 4 is 11.8 Å². The van der Waals surface area contributed by atoms with Crippen LogP contribution in [-0.2, 0) is 5.41 Å². The third-order valence-corrected chi connectivity index (χ3v) is 4.08. The molecule has 3 rings (SSSR count). The molecule has 0 bridgehead atoms. The molecule has 1 fully saturated rings. The number of nitrogens with zero attached hydrogens (tertiary/aromatic N) is 3. The molecule has 1 atom stereocenters. The summed E-state index contributed by atoms with van der Waals surface area (Å²) >= 11 is 0. The van der Waals surface area contributed by atoms with E-state index in [9.17, 15) is 4.79 Å². The molecule has 7 heteroatoms. The lowest BCUT2D eigenvalue weighted by atomic mass is 9.93. The van der Waals surface area contributed by atoms with Crippen LogP contribution in [0.5, 0.6) is 0 Å². The molecule has 0 aromatic carbocycles. The summed E-state index contributed by atoms with van der Waals surface area (Å²) < 4.78 is 5.31. The number of aromatic nitrogens is 3. The number of aromatic amines is 1. The Morgan fingerprint density at radius 3 is 2.91 bits per heavy atom. The Hall–Kier alpha value is -2.31. The number of urea groups is 1. The van der Waals surface area contributed by atoms with Crippen LogP contribution in [-0.4, -0.2) is 32.6 Å². The zero-order valence-corrected chi connectivity index (χ0v) is 13.8. The lowest BCUT2D eigenvalue weighted by Crippen LogP contribution is -2.41. The van der Waals surface area contributed by atoms with Gasteiger partial charge in [0.2, 0.25) is 0 Å². The van der Waals surface area contributed by atoms with E-state index in [2.05, 4.69) is 20.4 Å². The monoisotopic (exact) mass is 317 g/mol. The molecule has 2 N–H and O–H groups in total. The molecule has 2 aromatic heterocycles. The summed E-state index contributed by atoms with van der Waals surface area (Å²) in [5.41, 5.74) is -0.141. The average Bonchev–Trinajstić information content (AvgIpc) is 3.18. The summed E-state index contributed by atoms with van der Waals surface area (Å²) in [6.45, 7) is 6.82. The first kappa shape index (κ1) is 15.6. The second-order valence-corrected chi connectivity index (χ2v) is 6.94. The predicted molar refractivity (Wildman–Crippen MR) is 86.1 cm³/mol. The summed E-state index contributed by atoms with van der Waals surface area (Å²) in [5, 5.41) is 6.78. The van der Waals surface area contributed by atoms with Gasteiger partial charge in [0.25, 0.3) is 0 Å². The first-order valence-electron chi connectivity index (χ1n) is 7.99. The Balaban J connectivity index is 1.72. The van der Waals surface area contributed by atoms with Crippen molar-refractivity contribution in [2.45, 2.75) is 51.5 Å². The normalized spacial score (nSPS) is 18.9. The minimum Gasteiger partial charge on any atom is -0.359 e. The summed E-state index contributed by atoms with van der Waals surface area (Å²) in [5.74, 6) is 2.02. The van der Waals surface area contributed by atoms with Crippen molar-refractivity contribution in [3.63, 3.8) is 0 Å². The molecule has 2 amide bonds. The SMILES string of the molecule is CC(C)(C)c1cc(NC(=O)N2CCCC[C@@H]2c2ncc[nH]2)no1. The van der Waals surface area contributed by atoms with Gasteiger partial charge in [-0.1, -0.05) is 25.9 Å². The number of hydrogen-bond acceptors (Lipinski definition) is 4. The third-order valence-electron chi connectivity index (χ3n) is 4.08. The molecule has 0 spiro atoms. The maximum Gasteiger partial charge on any atom is 0.323 e. The molecule has 1 saturated heterocycles. The molecule has 0 radical (unpaired) electrons. The van der Waals surface area contributed by atoms with Gasteiger partial charge in [0.15, 0.2) is 5.82 Å². The predicted octanol–water partition coefficient (Wildman–Crippen LogP) is 3.45. The van der Waals surface area contributed by atoms with Gasteiger partial charge in [0, 0.05) is 30.4 Å². The number of amides is 2. The van der Waals surface area contributed by atoms with Crippen molar-refractivity contribution in [2.75, 3.05) is 11.9 Å². The van der Waals surface area contributed by atoms with Crippen LogP contribution in [0, 0.1) is 0 Å². The molecule has 0 saturated carbocycles. The van der Waals surface area contributed by atoms with Crippen LogP contribution < -0.4 is 5.32 Å². The second kappa shape index (κ2) is 6.06. The van der Waals surface area contributed by atoms with Crippen LogP contribution in [0.1, 0.15) is 57.7 Å². The van der Waals surface area contributed by atoms with E-state index < -0.39 is 0 Å². The highest BCUT2D eigenvalue weighted by molar-refractivity contribution is 5.88. The maximum atomic E-state index is 12.6. The van der Waals surface area contributed by atoms with E-state index in [0.717, 1.165) is 30.8 Å². The first-order valence-corrected chi connectivity index (χ1v) is 7.99. The summed E-state index contributed by atoms with van der Waals surface area (Å²) in [6, 6.07) is 1.59. The van der Waals surface area contributed by atoms with Gasteiger partial charge in [0.05, 0.1) is 6.04 Å². The number of anilines is 1. The van der Waals surface area contributed by atoms with Crippen LogP contribution in [0.15, 0.2) is 23.0 Å². The van der Waals surface area contributed by atoms with Crippen LogP contribution in [0.25, 0.3) is 0 Å². The molecule has 7 nitrogen and oxygen atoms in total. The van der Waals surface area contributed by atoms with Crippen molar-refractivity contribution in [1.29, 1.82) is 0 Å². The number of H-pyrrole nitrogens is 1. The standard InChI is InChI=1S/C16H23N5O2/c1-16(2,3)12-10-13(20-23-12)19-15(22)21-9-5-4-6-11(21)14-17-7-8-18-14/h7-8,10-11H,4-6,9H2,1-3H3,(H,17,18)(H,19,20,22)/t11-/m1/s1. The minimum atomic E-state index is -0.167. The van der Waals surface area contributed by atoms with Crippen LogP contribution in [0.3, 0.4) is 0 Å². The Bertz CT molecular complexity index is 656. The number of imidazole rings is 1. The van der Waals surface area contributed by atoms with Gasteiger partial charge >= 0.3 is 6.03 Å². The van der Waals surface area contributed by atoms with E-state index in [1.54, 1.807) is 18.5 Å². The topological polar surface area (TPSA) is 87.0 Å². The van der Waals surface area contributed by atoms with E-state index in [1.807, 2.05) is 25.7 Å². The number of likely N-dealkylation sites (tertiary alicyclic amines) is 1. The van der Waals surface area contributed by atoms with E-state index in [0.29, 0.717) is 12.4 Å². The van der Waals surface area contributed by atoms with Crippen molar-refractivity contribution in [1.82, 2.24) is 20.0 Å². The van der Waals surface area contributed by atoms with E-state index in [1.165, 1.54) is 0 Å². The fourth-order valence-electron chi connectivity index (χ4n) is 2.79. The number of rotatable bonds is 2. The quantitative estimate of drug-likeness (QED) is 0.888. The Labute approximate surface area is 135 Å². The molecule has 23 heavy (non-hydrogen) atoms. The molecule has 0 unspecified atom stereocenters. The second-order valence-electron chi connectivity index (χ2n) is 6.94. The summed E-state index contributed by atoms with van der Waals surface area (Å²) in [4.78, 5) is 21.9. The van der Waals surface area contributed by atoms with Gasteiger partial charge in [0.1, 0.15) is 11.6 Å². The highest BCUT2D eigenvalue weighted by atomic mass is 16.5. The lowest BCUT2D eigenvalue weighted by Gasteiger charge is -2.34. The number of carbonyl (C=O) groups excluding carboxylic acids is 1. The Morgan fingerprint density at radius 2 is 2.26 bits per heavy atom. The zero-order valence-electron chi connectivity index (χ0n) is 13.8. The van der Waals surface area contributed by atoms with Crippen LogP contribution in [0.2, 0.25) is 0 Å². The van der Waals surface area contributed by atoms with E-state index in [-0.39, 0.29) is 17.5 Å². The van der Waals surface area contributed by atoms with E-state index >= 15 is 0 Å². The number of piperidine rings is 1. The van der Waals surface area contributed by atoms with Gasteiger partial charge in [-0.05, 0) is 19.3 Å². The van der Waals surface area contributed by atoms with Gasteiger partial charge in [-0.15, -0.1) is 0 Å². The smallest absolute Gasteiger partial charge is 0.323 e. The van der Waals surface area contributed by atoms with Gasteiger partial charge in [-0.2, -0.15) is 0 Å². The molecule has 124 valence electrons. The Morgan fingerprint density at radius 1 is 1.43 bits per heavy atom. The molecule has 1 aliphatic heterocycles. The average molecular weight is 317 g/mol. The van der Waals surface area contributed by atoms with Gasteiger partial charge in [-0.25, -0.2) is 9.78 Å². The molecule has 2 aromatic rings.